The van der Waals surface area contributed by atoms with Crippen LogP contribution in [0, 0.1) is 0 Å². The minimum atomic E-state index is -1.02. The highest BCUT2D eigenvalue weighted by atomic mass is 16.6. The van der Waals surface area contributed by atoms with Gasteiger partial charge in [0.05, 0.1) is 66.1 Å². The van der Waals surface area contributed by atoms with E-state index in [9.17, 15) is 15.3 Å². The number of rotatable bonds is 18. The maximum Gasteiger partial charge on any atom is 0.104 e. The van der Waals surface area contributed by atoms with E-state index in [0.717, 1.165) is 0 Å². The van der Waals surface area contributed by atoms with Crippen LogP contribution in [-0.2, 0) is 18.9 Å². The summed E-state index contributed by atoms with van der Waals surface area (Å²) in [6.45, 7) is -1.91. The predicted molar refractivity (Wildman–Crippen MR) is 87.5 cm³/mol. The standard InChI is InChI=1S/C15H32O11/c16-1-11(19)4-23-7-14(22)8-26-15(9-24-5-12(20)2-17)10-25-6-13(21)3-18/h11-22H,1-10H2. The van der Waals surface area contributed by atoms with E-state index in [0.29, 0.717) is 0 Å². The summed E-state index contributed by atoms with van der Waals surface area (Å²) in [5.41, 5.74) is 0. The molecular weight excluding hydrogens is 356 g/mol. The highest BCUT2D eigenvalue weighted by Gasteiger charge is 2.16. The largest absolute Gasteiger partial charge is 0.394 e. The Labute approximate surface area is 152 Å². The summed E-state index contributed by atoms with van der Waals surface area (Å²) < 4.78 is 20.8. The zero-order chi connectivity index (χ0) is 19.8. The van der Waals surface area contributed by atoms with E-state index in [1.165, 1.54) is 0 Å². The maximum absolute atomic E-state index is 9.77. The topological polar surface area (TPSA) is 179 Å². The first-order valence-corrected chi connectivity index (χ1v) is 8.32. The fourth-order valence-corrected chi connectivity index (χ4v) is 1.61. The molecule has 0 saturated carbocycles. The first-order chi connectivity index (χ1) is 12.4. The second kappa shape index (κ2) is 16.7. The molecule has 0 aliphatic heterocycles. The summed E-state index contributed by atoms with van der Waals surface area (Å²) in [6, 6.07) is 0. The lowest BCUT2D eigenvalue weighted by atomic mass is 10.3. The van der Waals surface area contributed by atoms with Gasteiger partial charge in [-0.15, -0.1) is 0 Å². The molecule has 0 fully saturated rings. The molecule has 7 N–H and O–H groups in total. The van der Waals surface area contributed by atoms with Gasteiger partial charge in [-0.1, -0.05) is 0 Å². The fourth-order valence-electron chi connectivity index (χ4n) is 1.61. The number of ether oxygens (including phenoxy) is 4. The Hall–Kier alpha value is -0.440. The van der Waals surface area contributed by atoms with Crippen LogP contribution < -0.4 is 0 Å². The third kappa shape index (κ3) is 14.7. The second-order valence-electron chi connectivity index (χ2n) is 5.73. The van der Waals surface area contributed by atoms with Crippen LogP contribution in [0.3, 0.4) is 0 Å². The molecule has 0 aliphatic carbocycles. The number of aliphatic hydroxyl groups excluding tert-OH is 7. The van der Waals surface area contributed by atoms with Crippen LogP contribution in [0.25, 0.3) is 0 Å². The van der Waals surface area contributed by atoms with E-state index < -0.39 is 50.3 Å². The van der Waals surface area contributed by atoms with Gasteiger partial charge in [-0.05, 0) is 0 Å². The molecule has 4 unspecified atom stereocenters. The van der Waals surface area contributed by atoms with Gasteiger partial charge in [0, 0.05) is 0 Å². The maximum atomic E-state index is 9.77. The Balaban J connectivity index is 4.14. The zero-order valence-electron chi connectivity index (χ0n) is 14.7. The van der Waals surface area contributed by atoms with E-state index >= 15 is 0 Å². The summed E-state index contributed by atoms with van der Waals surface area (Å²) in [5, 5.41) is 63.4. The van der Waals surface area contributed by atoms with E-state index in [1.807, 2.05) is 0 Å². The van der Waals surface area contributed by atoms with Crippen LogP contribution in [0.15, 0.2) is 0 Å². The summed E-state index contributed by atoms with van der Waals surface area (Å²) in [7, 11) is 0. The van der Waals surface area contributed by atoms with E-state index in [1.54, 1.807) is 0 Å². The molecule has 0 aromatic carbocycles. The SMILES string of the molecule is OCC(O)COCC(O)COC(COCC(O)CO)COCC(O)CO. The normalized spacial score (nSPS) is 17.7. The molecule has 0 saturated heterocycles. The number of hydrogen-bond donors (Lipinski definition) is 7. The summed E-state index contributed by atoms with van der Waals surface area (Å²) >= 11 is 0. The Morgan fingerprint density at radius 3 is 1.19 bits per heavy atom. The summed E-state index contributed by atoms with van der Waals surface area (Å²) in [6.07, 6.45) is -4.69. The van der Waals surface area contributed by atoms with Crippen molar-refractivity contribution < 1.29 is 54.7 Å². The van der Waals surface area contributed by atoms with Crippen molar-refractivity contribution in [3.63, 3.8) is 0 Å². The number of hydrogen-bond acceptors (Lipinski definition) is 11. The average molecular weight is 388 g/mol. The van der Waals surface area contributed by atoms with E-state index in [2.05, 4.69) is 0 Å². The van der Waals surface area contributed by atoms with Gasteiger partial charge in [0.2, 0.25) is 0 Å². The van der Waals surface area contributed by atoms with Crippen LogP contribution in [0.1, 0.15) is 0 Å². The predicted octanol–water partition coefficient (Wildman–Crippen LogP) is -4.16. The molecule has 0 heterocycles. The fraction of sp³-hybridized carbons (Fsp3) is 1.00. The molecule has 0 spiro atoms. The van der Waals surface area contributed by atoms with Crippen molar-refractivity contribution in [1.82, 2.24) is 0 Å². The van der Waals surface area contributed by atoms with Crippen molar-refractivity contribution in [2.45, 2.75) is 30.5 Å². The van der Waals surface area contributed by atoms with Crippen molar-refractivity contribution >= 4 is 0 Å². The highest BCUT2D eigenvalue weighted by Crippen LogP contribution is 2.00. The molecule has 158 valence electrons. The molecule has 0 aliphatic rings. The van der Waals surface area contributed by atoms with Crippen molar-refractivity contribution in [3.8, 4) is 0 Å². The van der Waals surface area contributed by atoms with Crippen LogP contribution in [0.5, 0.6) is 0 Å². The van der Waals surface area contributed by atoms with Crippen molar-refractivity contribution in [3.05, 3.63) is 0 Å². The van der Waals surface area contributed by atoms with Gasteiger partial charge in [0.15, 0.2) is 0 Å². The van der Waals surface area contributed by atoms with Crippen LogP contribution in [0.4, 0.5) is 0 Å². The van der Waals surface area contributed by atoms with Gasteiger partial charge in [-0.2, -0.15) is 0 Å². The van der Waals surface area contributed by atoms with Gasteiger partial charge in [0.25, 0.3) is 0 Å². The lowest BCUT2D eigenvalue weighted by Crippen LogP contribution is -2.34. The lowest BCUT2D eigenvalue weighted by molar-refractivity contribution is -0.111. The smallest absolute Gasteiger partial charge is 0.104 e. The third-order valence-corrected chi connectivity index (χ3v) is 3.01. The average Bonchev–Trinajstić information content (AvgIpc) is 2.64. The third-order valence-electron chi connectivity index (χ3n) is 3.01. The first kappa shape index (κ1) is 25.6. The number of aliphatic hydroxyl groups is 7. The minimum absolute atomic E-state index is 0.00306. The van der Waals surface area contributed by atoms with E-state index in [4.69, 9.17) is 39.4 Å². The molecule has 4 atom stereocenters. The second-order valence-corrected chi connectivity index (χ2v) is 5.73. The molecule has 0 rings (SSSR count). The molecule has 26 heavy (non-hydrogen) atoms. The molecule has 11 nitrogen and oxygen atoms in total. The Kier molecular flexibility index (Phi) is 16.4. The Bertz CT molecular complexity index is 291. The summed E-state index contributed by atoms with van der Waals surface area (Å²) in [4.78, 5) is 0. The zero-order valence-corrected chi connectivity index (χ0v) is 14.7. The molecule has 0 aromatic rings. The van der Waals surface area contributed by atoms with Crippen molar-refractivity contribution in [2.75, 3.05) is 66.1 Å². The van der Waals surface area contributed by atoms with Crippen molar-refractivity contribution in [1.29, 1.82) is 0 Å². The molecule has 0 radical (unpaired) electrons. The Morgan fingerprint density at radius 1 is 0.462 bits per heavy atom. The van der Waals surface area contributed by atoms with Gasteiger partial charge in [0.1, 0.15) is 30.5 Å². The van der Waals surface area contributed by atoms with Crippen molar-refractivity contribution in [2.24, 2.45) is 0 Å². The van der Waals surface area contributed by atoms with E-state index in [-0.39, 0.29) is 46.2 Å². The molecule has 11 heteroatoms. The first-order valence-electron chi connectivity index (χ1n) is 8.32. The van der Waals surface area contributed by atoms with Gasteiger partial charge in [-0.25, -0.2) is 0 Å². The molecule has 0 amide bonds. The van der Waals surface area contributed by atoms with Gasteiger partial charge >= 0.3 is 0 Å². The Morgan fingerprint density at radius 2 is 0.808 bits per heavy atom. The summed E-state index contributed by atoms with van der Waals surface area (Å²) in [5.74, 6) is 0. The van der Waals surface area contributed by atoms with Gasteiger partial charge in [-0.3, -0.25) is 0 Å². The lowest BCUT2D eigenvalue weighted by Gasteiger charge is -2.21. The monoisotopic (exact) mass is 388 g/mol. The van der Waals surface area contributed by atoms with Crippen LogP contribution in [-0.4, -0.2) is 132 Å². The minimum Gasteiger partial charge on any atom is -0.394 e. The highest BCUT2D eigenvalue weighted by molar-refractivity contribution is 4.62. The molecule has 0 bridgehead atoms. The molecular formula is C15H32O11. The molecule has 0 aromatic heterocycles. The van der Waals surface area contributed by atoms with Crippen LogP contribution >= 0.6 is 0 Å². The van der Waals surface area contributed by atoms with Gasteiger partial charge < -0.3 is 54.7 Å². The quantitative estimate of drug-likeness (QED) is 0.121. The van der Waals surface area contributed by atoms with Crippen LogP contribution in [0.2, 0.25) is 0 Å².